The topological polar surface area (TPSA) is 94.2 Å². The third-order valence-corrected chi connectivity index (χ3v) is 4.38. The van der Waals surface area contributed by atoms with Gasteiger partial charge in [0.25, 0.3) is 0 Å². The van der Waals surface area contributed by atoms with Crippen molar-refractivity contribution >= 4 is 27.8 Å². The van der Waals surface area contributed by atoms with E-state index in [4.69, 9.17) is 14.2 Å². The van der Waals surface area contributed by atoms with E-state index < -0.39 is 0 Å². The van der Waals surface area contributed by atoms with Gasteiger partial charge in [-0.2, -0.15) is 0 Å². The molecule has 0 amide bonds. The zero-order valence-electron chi connectivity index (χ0n) is 15.2. The standard InChI is InChI=1S/C19H19N5O3/c1-25-15-7-12-16(18(27-3)17(15)26-2)23-10-24-19(12)20-8-11-4-5-13-14(6-11)22-9-21-13/h4-7,9-10H,8H2,1-3H3,(H,21,22)(H,20,23,24). The number of hydrogen-bond donors (Lipinski definition) is 2. The second kappa shape index (κ2) is 6.99. The molecule has 0 saturated heterocycles. The van der Waals surface area contributed by atoms with Crippen LogP contribution in [0.25, 0.3) is 21.9 Å². The number of aromatic amines is 1. The number of benzene rings is 2. The van der Waals surface area contributed by atoms with Gasteiger partial charge in [0.1, 0.15) is 17.7 Å². The van der Waals surface area contributed by atoms with Crippen LogP contribution in [0.15, 0.2) is 36.9 Å². The van der Waals surface area contributed by atoms with Crippen molar-refractivity contribution in [1.29, 1.82) is 0 Å². The molecule has 4 rings (SSSR count). The lowest BCUT2D eigenvalue weighted by atomic mass is 10.1. The van der Waals surface area contributed by atoms with Gasteiger partial charge >= 0.3 is 0 Å². The molecule has 0 aliphatic carbocycles. The summed E-state index contributed by atoms with van der Waals surface area (Å²) >= 11 is 0. The number of methoxy groups -OCH3 is 3. The summed E-state index contributed by atoms with van der Waals surface area (Å²) in [4.78, 5) is 16.1. The van der Waals surface area contributed by atoms with Crippen molar-refractivity contribution in [2.45, 2.75) is 6.54 Å². The highest BCUT2D eigenvalue weighted by Gasteiger charge is 2.19. The lowest BCUT2D eigenvalue weighted by molar-refractivity contribution is 0.327. The van der Waals surface area contributed by atoms with Crippen LogP contribution in [0.1, 0.15) is 5.56 Å². The molecule has 0 aliphatic rings. The minimum atomic E-state index is 0.501. The van der Waals surface area contributed by atoms with Crippen LogP contribution in [0.5, 0.6) is 17.2 Å². The predicted molar refractivity (Wildman–Crippen MR) is 103 cm³/mol. The fraction of sp³-hybridized carbons (Fsp3) is 0.211. The molecule has 0 aliphatic heterocycles. The molecule has 0 fully saturated rings. The number of rotatable bonds is 6. The van der Waals surface area contributed by atoms with E-state index in [1.54, 1.807) is 27.7 Å². The summed E-state index contributed by atoms with van der Waals surface area (Å²) in [6, 6.07) is 7.93. The quantitative estimate of drug-likeness (QED) is 0.542. The van der Waals surface area contributed by atoms with Crippen molar-refractivity contribution in [2.24, 2.45) is 0 Å². The predicted octanol–water partition coefficient (Wildman–Crippen LogP) is 3.14. The van der Waals surface area contributed by atoms with Crippen molar-refractivity contribution in [3.05, 3.63) is 42.5 Å². The van der Waals surface area contributed by atoms with E-state index in [9.17, 15) is 0 Å². The van der Waals surface area contributed by atoms with Crippen molar-refractivity contribution in [3.63, 3.8) is 0 Å². The number of aromatic nitrogens is 4. The van der Waals surface area contributed by atoms with E-state index in [0.717, 1.165) is 22.0 Å². The highest BCUT2D eigenvalue weighted by molar-refractivity contribution is 5.96. The zero-order valence-corrected chi connectivity index (χ0v) is 15.2. The van der Waals surface area contributed by atoms with E-state index in [2.05, 4.69) is 25.3 Å². The van der Waals surface area contributed by atoms with E-state index in [0.29, 0.717) is 35.1 Å². The Morgan fingerprint density at radius 3 is 2.59 bits per heavy atom. The molecule has 2 aromatic carbocycles. The molecule has 138 valence electrons. The molecule has 0 atom stereocenters. The summed E-state index contributed by atoms with van der Waals surface area (Å²) in [5, 5.41) is 4.14. The minimum absolute atomic E-state index is 0.501. The van der Waals surface area contributed by atoms with Gasteiger partial charge in [-0.3, -0.25) is 0 Å². The van der Waals surface area contributed by atoms with E-state index in [-0.39, 0.29) is 0 Å². The first-order chi connectivity index (χ1) is 13.2. The van der Waals surface area contributed by atoms with Crippen LogP contribution in [0.4, 0.5) is 5.82 Å². The maximum Gasteiger partial charge on any atom is 0.205 e. The summed E-state index contributed by atoms with van der Waals surface area (Å²) < 4.78 is 16.4. The van der Waals surface area contributed by atoms with Crippen molar-refractivity contribution in [3.8, 4) is 17.2 Å². The summed E-state index contributed by atoms with van der Waals surface area (Å²) in [6.45, 7) is 0.589. The monoisotopic (exact) mass is 365 g/mol. The first-order valence-electron chi connectivity index (χ1n) is 8.34. The molecule has 8 heteroatoms. The highest BCUT2D eigenvalue weighted by Crippen LogP contribution is 2.43. The number of hydrogen-bond acceptors (Lipinski definition) is 7. The van der Waals surface area contributed by atoms with Gasteiger partial charge < -0.3 is 24.5 Å². The number of nitrogens with zero attached hydrogens (tertiary/aromatic N) is 3. The molecule has 2 N–H and O–H groups in total. The van der Waals surface area contributed by atoms with E-state index in [1.807, 2.05) is 24.3 Å². The van der Waals surface area contributed by atoms with Gasteiger partial charge in [-0.1, -0.05) is 6.07 Å². The number of anilines is 1. The van der Waals surface area contributed by atoms with Gasteiger partial charge in [0.15, 0.2) is 11.5 Å². The normalized spacial score (nSPS) is 10.9. The number of nitrogens with one attached hydrogen (secondary N) is 2. The van der Waals surface area contributed by atoms with E-state index in [1.165, 1.54) is 6.33 Å². The molecule has 0 unspecified atom stereocenters. The molecule has 0 spiro atoms. The van der Waals surface area contributed by atoms with Crippen LogP contribution in [-0.4, -0.2) is 41.3 Å². The maximum absolute atomic E-state index is 5.51. The first-order valence-corrected chi connectivity index (χ1v) is 8.34. The van der Waals surface area contributed by atoms with Gasteiger partial charge in [0.2, 0.25) is 5.75 Å². The SMILES string of the molecule is COc1cc2c(NCc3ccc4[nH]cnc4c3)ncnc2c(OC)c1OC. The molecule has 0 saturated carbocycles. The van der Waals surface area contributed by atoms with Crippen LogP contribution in [0, 0.1) is 0 Å². The van der Waals surface area contributed by atoms with Gasteiger partial charge in [0.05, 0.1) is 44.1 Å². The molecular formula is C19H19N5O3. The van der Waals surface area contributed by atoms with Gasteiger partial charge in [-0.15, -0.1) is 0 Å². The Kier molecular flexibility index (Phi) is 4.37. The molecule has 2 aromatic heterocycles. The second-order valence-corrected chi connectivity index (χ2v) is 5.87. The molecule has 0 bridgehead atoms. The summed E-state index contributed by atoms with van der Waals surface area (Å²) in [6.07, 6.45) is 3.18. The van der Waals surface area contributed by atoms with Crippen molar-refractivity contribution in [2.75, 3.05) is 26.6 Å². The lowest BCUT2D eigenvalue weighted by Gasteiger charge is -2.16. The minimum Gasteiger partial charge on any atom is -0.493 e. The van der Waals surface area contributed by atoms with Crippen molar-refractivity contribution < 1.29 is 14.2 Å². The average Bonchev–Trinajstić information content (AvgIpc) is 3.18. The molecule has 4 aromatic rings. The van der Waals surface area contributed by atoms with Gasteiger partial charge in [-0.05, 0) is 23.8 Å². The number of H-pyrrole nitrogens is 1. The zero-order chi connectivity index (χ0) is 18.8. The third kappa shape index (κ3) is 2.95. The lowest BCUT2D eigenvalue weighted by Crippen LogP contribution is -2.04. The summed E-state index contributed by atoms with van der Waals surface area (Å²) in [5.74, 6) is 2.25. The Bertz CT molecular complexity index is 1110. The molecule has 2 heterocycles. The summed E-state index contributed by atoms with van der Waals surface area (Å²) in [5.41, 5.74) is 3.67. The number of fused-ring (bicyclic) bond motifs is 2. The van der Waals surface area contributed by atoms with E-state index >= 15 is 0 Å². The number of imidazole rings is 1. The second-order valence-electron chi connectivity index (χ2n) is 5.87. The Morgan fingerprint density at radius 1 is 0.963 bits per heavy atom. The Labute approximate surface area is 155 Å². The van der Waals surface area contributed by atoms with Crippen LogP contribution < -0.4 is 19.5 Å². The largest absolute Gasteiger partial charge is 0.493 e. The molecule has 0 radical (unpaired) electrons. The van der Waals surface area contributed by atoms with Gasteiger partial charge in [-0.25, -0.2) is 15.0 Å². The Morgan fingerprint density at radius 2 is 1.81 bits per heavy atom. The highest BCUT2D eigenvalue weighted by atomic mass is 16.5. The first kappa shape index (κ1) is 16.9. The van der Waals surface area contributed by atoms with Crippen LogP contribution >= 0.6 is 0 Å². The van der Waals surface area contributed by atoms with Crippen molar-refractivity contribution in [1.82, 2.24) is 19.9 Å². The van der Waals surface area contributed by atoms with Crippen LogP contribution in [0.2, 0.25) is 0 Å². The molecule has 8 nitrogen and oxygen atoms in total. The molecule has 27 heavy (non-hydrogen) atoms. The van der Waals surface area contributed by atoms with Gasteiger partial charge in [0, 0.05) is 6.54 Å². The van der Waals surface area contributed by atoms with Crippen LogP contribution in [0.3, 0.4) is 0 Å². The fourth-order valence-corrected chi connectivity index (χ4v) is 3.08. The fourth-order valence-electron chi connectivity index (χ4n) is 3.08. The molecular weight excluding hydrogens is 346 g/mol. The Hall–Kier alpha value is -3.55. The maximum atomic E-state index is 5.51. The Balaban J connectivity index is 1.72. The average molecular weight is 365 g/mol. The smallest absolute Gasteiger partial charge is 0.205 e. The number of ether oxygens (including phenoxy) is 3. The third-order valence-electron chi connectivity index (χ3n) is 4.38. The van der Waals surface area contributed by atoms with Crippen LogP contribution in [-0.2, 0) is 6.54 Å². The summed E-state index contributed by atoms with van der Waals surface area (Å²) in [7, 11) is 4.72.